The van der Waals surface area contributed by atoms with E-state index in [1.165, 1.54) is 6.07 Å². The van der Waals surface area contributed by atoms with Crippen LogP contribution in [0.15, 0.2) is 42.5 Å². The summed E-state index contributed by atoms with van der Waals surface area (Å²) in [6, 6.07) is 10.3. The van der Waals surface area contributed by atoms with Crippen LogP contribution in [0.3, 0.4) is 0 Å². The molecule has 2 unspecified atom stereocenters. The Morgan fingerprint density at radius 3 is 2.71 bits per heavy atom. The predicted octanol–water partition coefficient (Wildman–Crippen LogP) is 3.19. The quantitative estimate of drug-likeness (QED) is 0.738. The molecule has 0 saturated carbocycles. The maximum Gasteiger partial charge on any atom is 0.251 e. The molecule has 0 bridgehead atoms. The highest BCUT2D eigenvalue weighted by atomic mass is 19.2. The minimum Gasteiger partial charge on any atom is -0.347 e. The fraction of sp³-hybridized carbons (Fsp3) is 0.333. The van der Waals surface area contributed by atoms with Crippen LogP contribution < -0.4 is 16.0 Å². The lowest BCUT2D eigenvalue weighted by molar-refractivity contribution is -0.115. The first-order chi connectivity index (χ1) is 13.5. The van der Waals surface area contributed by atoms with Crippen molar-refractivity contribution in [2.45, 2.75) is 31.7 Å². The maximum absolute atomic E-state index is 13.7. The summed E-state index contributed by atoms with van der Waals surface area (Å²) in [6.07, 6.45) is 1.04. The second-order valence-electron chi connectivity index (χ2n) is 6.84. The van der Waals surface area contributed by atoms with E-state index in [1.807, 2.05) is 0 Å². The van der Waals surface area contributed by atoms with Gasteiger partial charge in [0, 0.05) is 36.2 Å². The topological polar surface area (TPSA) is 70.2 Å². The SMILES string of the molecule is CCC(=O)Nc1cccc(C(=O)NC2CNCCC2c2ccc(F)c(F)c2)c1. The summed E-state index contributed by atoms with van der Waals surface area (Å²) < 4.78 is 26.9. The Morgan fingerprint density at radius 1 is 1.14 bits per heavy atom. The van der Waals surface area contributed by atoms with Gasteiger partial charge in [0.15, 0.2) is 11.6 Å². The van der Waals surface area contributed by atoms with Crippen LogP contribution in [0.5, 0.6) is 0 Å². The zero-order valence-electron chi connectivity index (χ0n) is 15.6. The van der Waals surface area contributed by atoms with Crippen LogP contribution in [-0.2, 0) is 4.79 Å². The summed E-state index contributed by atoms with van der Waals surface area (Å²) >= 11 is 0. The van der Waals surface area contributed by atoms with E-state index in [1.54, 1.807) is 37.3 Å². The molecule has 28 heavy (non-hydrogen) atoms. The lowest BCUT2D eigenvalue weighted by Crippen LogP contribution is -2.50. The molecule has 0 aromatic heterocycles. The zero-order valence-corrected chi connectivity index (χ0v) is 15.6. The van der Waals surface area contributed by atoms with Gasteiger partial charge in [0.2, 0.25) is 5.91 Å². The summed E-state index contributed by atoms with van der Waals surface area (Å²) in [5, 5.41) is 8.93. The Morgan fingerprint density at radius 2 is 1.96 bits per heavy atom. The number of halogens is 2. The van der Waals surface area contributed by atoms with Crippen LogP contribution in [-0.4, -0.2) is 30.9 Å². The molecule has 5 nitrogen and oxygen atoms in total. The first-order valence-electron chi connectivity index (χ1n) is 9.34. The highest BCUT2D eigenvalue weighted by Gasteiger charge is 2.28. The maximum atomic E-state index is 13.7. The Bertz CT molecular complexity index is 872. The van der Waals surface area contributed by atoms with E-state index in [2.05, 4.69) is 16.0 Å². The van der Waals surface area contributed by atoms with Gasteiger partial charge in [-0.2, -0.15) is 0 Å². The Kier molecular flexibility index (Phi) is 6.36. The highest BCUT2D eigenvalue weighted by molar-refractivity contribution is 5.97. The first kappa shape index (κ1) is 19.9. The minimum absolute atomic E-state index is 0.122. The number of piperidine rings is 1. The van der Waals surface area contributed by atoms with Crippen LogP contribution in [0.1, 0.15) is 41.6 Å². The Hall–Kier alpha value is -2.80. The predicted molar refractivity (Wildman–Crippen MR) is 103 cm³/mol. The Labute approximate surface area is 162 Å². The van der Waals surface area contributed by atoms with Gasteiger partial charge in [0.1, 0.15) is 0 Å². The molecule has 3 N–H and O–H groups in total. The molecule has 1 fully saturated rings. The first-order valence-corrected chi connectivity index (χ1v) is 9.34. The molecule has 3 rings (SSSR count). The molecule has 2 atom stereocenters. The van der Waals surface area contributed by atoms with Crippen molar-refractivity contribution in [2.24, 2.45) is 0 Å². The molecule has 0 radical (unpaired) electrons. The number of anilines is 1. The van der Waals surface area contributed by atoms with Crippen molar-refractivity contribution in [2.75, 3.05) is 18.4 Å². The number of carbonyl (C=O) groups excluding carboxylic acids is 2. The number of amides is 2. The monoisotopic (exact) mass is 387 g/mol. The smallest absolute Gasteiger partial charge is 0.251 e. The molecule has 1 saturated heterocycles. The van der Waals surface area contributed by atoms with Gasteiger partial charge in [-0.1, -0.05) is 19.1 Å². The van der Waals surface area contributed by atoms with Gasteiger partial charge in [-0.05, 0) is 48.9 Å². The summed E-state index contributed by atoms with van der Waals surface area (Å²) in [4.78, 5) is 24.3. The third-order valence-corrected chi connectivity index (χ3v) is 4.90. The highest BCUT2D eigenvalue weighted by Crippen LogP contribution is 2.27. The fourth-order valence-corrected chi connectivity index (χ4v) is 3.39. The molecule has 148 valence electrons. The third-order valence-electron chi connectivity index (χ3n) is 4.90. The average molecular weight is 387 g/mol. The minimum atomic E-state index is -0.888. The van der Waals surface area contributed by atoms with Crippen molar-refractivity contribution in [3.8, 4) is 0 Å². The van der Waals surface area contributed by atoms with Crippen LogP contribution >= 0.6 is 0 Å². The van der Waals surface area contributed by atoms with Crippen molar-refractivity contribution in [3.63, 3.8) is 0 Å². The third kappa shape index (κ3) is 4.72. The molecule has 2 aromatic rings. The molecule has 2 aromatic carbocycles. The van der Waals surface area contributed by atoms with Crippen LogP contribution in [0.4, 0.5) is 14.5 Å². The van der Waals surface area contributed by atoms with Gasteiger partial charge in [0.25, 0.3) is 5.91 Å². The molecule has 0 aliphatic carbocycles. The molecular weight excluding hydrogens is 364 g/mol. The normalized spacial score (nSPS) is 19.1. The van der Waals surface area contributed by atoms with Gasteiger partial charge in [-0.15, -0.1) is 0 Å². The largest absolute Gasteiger partial charge is 0.347 e. The van der Waals surface area contributed by atoms with E-state index in [9.17, 15) is 18.4 Å². The molecule has 7 heteroatoms. The fourth-order valence-electron chi connectivity index (χ4n) is 3.39. The number of rotatable bonds is 5. The standard InChI is InChI=1S/C21H23F2N3O2/c1-2-20(27)25-15-5-3-4-14(10-15)21(28)26-19-12-24-9-8-16(19)13-6-7-17(22)18(23)11-13/h3-7,10-11,16,19,24H,2,8-9,12H2,1H3,(H,25,27)(H,26,28). The van der Waals surface area contributed by atoms with Crippen molar-refractivity contribution in [1.82, 2.24) is 10.6 Å². The lowest BCUT2D eigenvalue weighted by Gasteiger charge is -2.33. The van der Waals surface area contributed by atoms with Gasteiger partial charge in [-0.3, -0.25) is 9.59 Å². The average Bonchev–Trinajstić information content (AvgIpc) is 2.70. The molecule has 1 aliphatic heterocycles. The summed E-state index contributed by atoms with van der Waals surface area (Å²) in [5.74, 6) is -2.31. The number of benzene rings is 2. The molecule has 2 amide bonds. The van der Waals surface area contributed by atoms with Gasteiger partial charge in [-0.25, -0.2) is 8.78 Å². The second-order valence-corrected chi connectivity index (χ2v) is 6.84. The van der Waals surface area contributed by atoms with Crippen LogP contribution in [0.2, 0.25) is 0 Å². The zero-order chi connectivity index (χ0) is 20.1. The number of hydrogen-bond donors (Lipinski definition) is 3. The molecular formula is C21H23F2N3O2. The van der Waals surface area contributed by atoms with E-state index >= 15 is 0 Å². The van der Waals surface area contributed by atoms with E-state index in [0.29, 0.717) is 36.2 Å². The van der Waals surface area contributed by atoms with Crippen LogP contribution in [0.25, 0.3) is 0 Å². The van der Waals surface area contributed by atoms with E-state index < -0.39 is 11.6 Å². The number of carbonyl (C=O) groups is 2. The van der Waals surface area contributed by atoms with Gasteiger partial charge in [0.05, 0.1) is 0 Å². The van der Waals surface area contributed by atoms with Gasteiger partial charge >= 0.3 is 0 Å². The molecule has 0 spiro atoms. The lowest BCUT2D eigenvalue weighted by atomic mass is 9.85. The molecule has 1 heterocycles. The Balaban J connectivity index is 1.75. The summed E-state index contributed by atoms with van der Waals surface area (Å²) in [6.45, 7) is 3.01. The van der Waals surface area contributed by atoms with Crippen molar-refractivity contribution in [1.29, 1.82) is 0 Å². The van der Waals surface area contributed by atoms with E-state index in [-0.39, 0.29) is 23.8 Å². The number of nitrogens with one attached hydrogen (secondary N) is 3. The summed E-state index contributed by atoms with van der Waals surface area (Å²) in [7, 11) is 0. The number of hydrogen-bond acceptors (Lipinski definition) is 3. The van der Waals surface area contributed by atoms with Crippen molar-refractivity contribution < 1.29 is 18.4 Å². The van der Waals surface area contributed by atoms with Gasteiger partial charge < -0.3 is 16.0 Å². The van der Waals surface area contributed by atoms with Crippen molar-refractivity contribution >= 4 is 17.5 Å². The molecule has 1 aliphatic rings. The van der Waals surface area contributed by atoms with Crippen molar-refractivity contribution in [3.05, 3.63) is 65.2 Å². The van der Waals surface area contributed by atoms with E-state index in [0.717, 1.165) is 12.6 Å². The van der Waals surface area contributed by atoms with Crippen LogP contribution in [0, 0.1) is 11.6 Å². The summed E-state index contributed by atoms with van der Waals surface area (Å²) in [5.41, 5.74) is 1.64. The van der Waals surface area contributed by atoms with E-state index in [4.69, 9.17) is 0 Å². The second kappa shape index (κ2) is 8.93.